The van der Waals surface area contributed by atoms with Gasteiger partial charge in [0.25, 0.3) is 0 Å². The van der Waals surface area contributed by atoms with Crippen LogP contribution in [-0.2, 0) is 20.7 Å². The molecule has 0 spiro atoms. The fraction of sp³-hybridized carbons (Fsp3) is 0.438. The van der Waals surface area contributed by atoms with Gasteiger partial charge in [0.05, 0.1) is 6.61 Å². The number of hydrogen-bond acceptors (Lipinski definition) is 4. The van der Waals surface area contributed by atoms with Gasteiger partial charge in [-0.2, -0.15) is 0 Å². The molecule has 0 aromatic heterocycles. The van der Waals surface area contributed by atoms with Gasteiger partial charge >= 0.3 is 5.97 Å². The summed E-state index contributed by atoms with van der Waals surface area (Å²) in [4.78, 5) is 11.1. The predicted molar refractivity (Wildman–Crippen MR) is 77.4 cm³/mol. The van der Waals surface area contributed by atoms with Crippen molar-refractivity contribution in [2.75, 3.05) is 19.8 Å². The normalized spacial score (nSPS) is 11.9. The Morgan fingerprint density at radius 3 is 2.65 bits per heavy atom. The van der Waals surface area contributed by atoms with E-state index >= 15 is 0 Å². The number of aliphatic hydroxyl groups excluding tert-OH is 1. The molecule has 1 rings (SSSR count). The Balaban J connectivity index is 2.03. The van der Waals surface area contributed by atoms with Crippen molar-refractivity contribution >= 4 is 5.97 Å². The second-order valence-corrected chi connectivity index (χ2v) is 4.70. The Hall–Kier alpha value is -1.65. The molecule has 110 valence electrons. The number of carbonyl (C=O) groups excluding carboxylic acids is 1. The fourth-order valence-electron chi connectivity index (χ4n) is 1.59. The molecule has 4 heteroatoms. The van der Waals surface area contributed by atoms with Crippen LogP contribution in [0.25, 0.3) is 0 Å². The van der Waals surface area contributed by atoms with Crippen molar-refractivity contribution in [1.29, 1.82) is 0 Å². The second-order valence-electron chi connectivity index (χ2n) is 4.70. The molecule has 0 amide bonds. The topological polar surface area (TPSA) is 55.8 Å². The molecular weight excluding hydrogens is 256 g/mol. The van der Waals surface area contributed by atoms with Crippen LogP contribution in [0.4, 0.5) is 0 Å². The molecule has 1 aromatic carbocycles. The minimum absolute atomic E-state index is 0.0651. The summed E-state index contributed by atoms with van der Waals surface area (Å²) < 4.78 is 10.2. The first-order valence-electron chi connectivity index (χ1n) is 6.72. The maximum atomic E-state index is 11.1. The number of aliphatic hydroxyl groups is 1. The van der Waals surface area contributed by atoms with Crippen molar-refractivity contribution in [1.82, 2.24) is 0 Å². The van der Waals surface area contributed by atoms with Crippen molar-refractivity contribution in [3.05, 3.63) is 48.0 Å². The molecule has 4 nitrogen and oxygen atoms in total. The Morgan fingerprint density at radius 2 is 2.00 bits per heavy atom. The van der Waals surface area contributed by atoms with Crippen LogP contribution < -0.4 is 0 Å². The summed E-state index contributed by atoms with van der Waals surface area (Å²) in [7, 11) is 0. The first-order valence-corrected chi connectivity index (χ1v) is 6.72. The zero-order chi connectivity index (χ0) is 14.8. The minimum atomic E-state index is -0.796. The summed E-state index contributed by atoms with van der Waals surface area (Å²) in [6, 6.07) is 10.2. The lowest BCUT2D eigenvalue weighted by Gasteiger charge is -2.11. The second kappa shape index (κ2) is 9.28. The average Bonchev–Trinajstić information content (AvgIpc) is 2.45. The molecule has 1 N–H and O–H groups in total. The van der Waals surface area contributed by atoms with Crippen LogP contribution in [0, 0.1) is 0 Å². The SMILES string of the molecule is C=C(C)C(=O)OCC(O)COCCCc1ccccc1. The highest BCUT2D eigenvalue weighted by molar-refractivity contribution is 5.86. The largest absolute Gasteiger partial charge is 0.460 e. The van der Waals surface area contributed by atoms with E-state index < -0.39 is 12.1 Å². The molecule has 0 saturated heterocycles. The van der Waals surface area contributed by atoms with Gasteiger partial charge in [0, 0.05) is 12.2 Å². The van der Waals surface area contributed by atoms with Crippen LogP contribution in [0.2, 0.25) is 0 Å². The maximum absolute atomic E-state index is 11.1. The zero-order valence-electron chi connectivity index (χ0n) is 11.9. The smallest absolute Gasteiger partial charge is 0.333 e. The van der Waals surface area contributed by atoms with E-state index in [0.717, 1.165) is 12.8 Å². The van der Waals surface area contributed by atoms with E-state index in [1.165, 1.54) is 5.56 Å². The molecule has 0 bridgehead atoms. The van der Waals surface area contributed by atoms with Crippen molar-refractivity contribution in [2.45, 2.75) is 25.9 Å². The van der Waals surface area contributed by atoms with Crippen molar-refractivity contribution in [2.24, 2.45) is 0 Å². The van der Waals surface area contributed by atoms with Gasteiger partial charge in [-0.1, -0.05) is 36.9 Å². The minimum Gasteiger partial charge on any atom is -0.460 e. The number of benzene rings is 1. The molecule has 0 saturated carbocycles. The lowest BCUT2D eigenvalue weighted by atomic mass is 10.1. The predicted octanol–water partition coefficient (Wildman–Crippen LogP) is 2.12. The maximum Gasteiger partial charge on any atom is 0.333 e. The summed E-state index contributed by atoms with van der Waals surface area (Å²) in [6.45, 7) is 5.69. The molecule has 0 radical (unpaired) electrons. The number of rotatable bonds is 9. The van der Waals surface area contributed by atoms with Crippen LogP contribution >= 0.6 is 0 Å². The van der Waals surface area contributed by atoms with Gasteiger partial charge in [0.1, 0.15) is 12.7 Å². The summed E-state index contributed by atoms with van der Waals surface area (Å²) >= 11 is 0. The van der Waals surface area contributed by atoms with Crippen LogP contribution in [0.5, 0.6) is 0 Å². The lowest BCUT2D eigenvalue weighted by Crippen LogP contribution is -2.24. The van der Waals surface area contributed by atoms with E-state index in [1.54, 1.807) is 6.92 Å². The van der Waals surface area contributed by atoms with Crippen LogP contribution in [0.3, 0.4) is 0 Å². The van der Waals surface area contributed by atoms with Gasteiger partial charge in [-0.3, -0.25) is 0 Å². The number of carbonyl (C=O) groups is 1. The van der Waals surface area contributed by atoms with E-state index in [1.807, 2.05) is 18.2 Å². The molecule has 0 heterocycles. The van der Waals surface area contributed by atoms with Gasteiger partial charge in [0.15, 0.2) is 0 Å². The van der Waals surface area contributed by atoms with Crippen LogP contribution in [0.1, 0.15) is 18.9 Å². The molecule has 0 aliphatic rings. The number of esters is 1. The number of aryl methyl sites for hydroxylation is 1. The molecule has 20 heavy (non-hydrogen) atoms. The summed E-state index contributed by atoms with van der Waals surface area (Å²) in [5.41, 5.74) is 1.59. The first-order chi connectivity index (χ1) is 9.59. The Morgan fingerprint density at radius 1 is 1.30 bits per heavy atom. The highest BCUT2D eigenvalue weighted by Gasteiger charge is 2.09. The van der Waals surface area contributed by atoms with Gasteiger partial charge < -0.3 is 14.6 Å². The zero-order valence-corrected chi connectivity index (χ0v) is 11.9. The van der Waals surface area contributed by atoms with E-state index in [9.17, 15) is 9.90 Å². The standard InChI is InChI=1S/C16H22O4/c1-13(2)16(18)20-12-15(17)11-19-10-6-9-14-7-4-3-5-8-14/h3-5,7-8,15,17H,1,6,9-12H2,2H3. The first kappa shape index (κ1) is 16.4. The molecule has 0 fully saturated rings. The van der Waals surface area contributed by atoms with E-state index in [-0.39, 0.29) is 13.2 Å². The highest BCUT2D eigenvalue weighted by Crippen LogP contribution is 2.02. The number of ether oxygens (including phenoxy) is 2. The van der Waals surface area contributed by atoms with E-state index in [4.69, 9.17) is 9.47 Å². The lowest BCUT2D eigenvalue weighted by molar-refractivity contribution is -0.143. The van der Waals surface area contributed by atoms with Gasteiger partial charge in [0.2, 0.25) is 0 Å². The van der Waals surface area contributed by atoms with E-state index in [2.05, 4.69) is 18.7 Å². The molecule has 1 atom stereocenters. The summed E-state index contributed by atoms with van der Waals surface area (Å²) in [6.07, 6.45) is 1.04. The summed E-state index contributed by atoms with van der Waals surface area (Å²) in [5, 5.41) is 9.56. The Bertz CT molecular complexity index is 414. The molecule has 0 aliphatic carbocycles. The molecule has 1 unspecified atom stereocenters. The Kier molecular flexibility index (Phi) is 7.62. The molecular formula is C16H22O4. The third kappa shape index (κ3) is 7.07. The third-order valence-corrected chi connectivity index (χ3v) is 2.66. The Labute approximate surface area is 120 Å². The quantitative estimate of drug-likeness (QED) is 0.427. The van der Waals surface area contributed by atoms with E-state index in [0.29, 0.717) is 12.2 Å². The van der Waals surface area contributed by atoms with Gasteiger partial charge in [-0.05, 0) is 25.3 Å². The average molecular weight is 278 g/mol. The van der Waals surface area contributed by atoms with Crippen LogP contribution in [-0.4, -0.2) is 37.0 Å². The molecule has 1 aromatic rings. The molecule has 0 aliphatic heterocycles. The highest BCUT2D eigenvalue weighted by atomic mass is 16.5. The number of hydrogen-bond donors (Lipinski definition) is 1. The third-order valence-electron chi connectivity index (χ3n) is 2.66. The van der Waals surface area contributed by atoms with Crippen molar-refractivity contribution in [3.8, 4) is 0 Å². The van der Waals surface area contributed by atoms with Crippen molar-refractivity contribution in [3.63, 3.8) is 0 Å². The van der Waals surface area contributed by atoms with Gasteiger partial charge in [-0.25, -0.2) is 4.79 Å². The monoisotopic (exact) mass is 278 g/mol. The summed E-state index contributed by atoms with van der Waals surface area (Å²) in [5.74, 6) is -0.492. The van der Waals surface area contributed by atoms with Gasteiger partial charge in [-0.15, -0.1) is 0 Å². The van der Waals surface area contributed by atoms with Crippen molar-refractivity contribution < 1.29 is 19.4 Å². The fourth-order valence-corrected chi connectivity index (χ4v) is 1.59. The van der Waals surface area contributed by atoms with Crippen LogP contribution in [0.15, 0.2) is 42.5 Å².